The van der Waals surface area contributed by atoms with Crippen molar-refractivity contribution in [1.29, 1.82) is 0 Å². The lowest BCUT2D eigenvalue weighted by Crippen LogP contribution is -2.46. The maximum absolute atomic E-state index is 8.60. The van der Waals surface area contributed by atoms with E-state index in [-0.39, 0.29) is 30.5 Å². The Morgan fingerprint density at radius 1 is 1.15 bits per heavy atom. The van der Waals surface area contributed by atoms with Crippen molar-refractivity contribution in [1.82, 2.24) is 0 Å². The Balaban J connectivity index is 4.78. The third-order valence-electron chi connectivity index (χ3n) is 3.58. The summed E-state index contributed by atoms with van der Waals surface area (Å²) in [5.74, 6) is 5.27. The van der Waals surface area contributed by atoms with Crippen LogP contribution in [0.4, 0.5) is 0 Å². The summed E-state index contributed by atoms with van der Waals surface area (Å²) in [4.78, 5) is 0. The fourth-order valence-electron chi connectivity index (χ4n) is 1.31. The first kappa shape index (κ1) is 19.1. The lowest BCUT2D eigenvalue weighted by Gasteiger charge is -2.39. The number of aliphatic hydroxyl groups excluding tert-OH is 1. The Morgan fingerprint density at radius 2 is 1.70 bits per heavy atom. The van der Waals surface area contributed by atoms with E-state index in [0.29, 0.717) is 0 Å². The van der Waals surface area contributed by atoms with Gasteiger partial charge in [0.15, 0.2) is 8.32 Å². The first-order chi connectivity index (χ1) is 9.19. The molecular weight excluding hydrogens is 268 g/mol. The van der Waals surface area contributed by atoms with Gasteiger partial charge in [0.05, 0.1) is 6.10 Å². The highest BCUT2D eigenvalue weighted by atomic mass is 28.4. The Kier molecular flexibility index (Phi) is 8.07. The van der Waals surface area contributed by atoms with E-state index in [1.54, 1.807) is 12.2 Å². The predicted octanol–water partition coefficient (Wildman–Crippen LogP) is 3.13. The van der Waals surface area contributed by atoms with Crippen LogP contribution in [0.5, 0.6) is 0 Å². The van der Waals surface area contributed by atoms with Crippen molar-refractivity contribution in [3.63, 3.8) is 0 Å². The topological polar surface area (TPSA) is 38.7 Å². The summed E-state index contributed by atoms with van der Waals surface area (Å²) in [5, 5.41) is 8.72. The third kappa shape index (κ3) is 6.06. The molecule has 1 N–H and O–H groups in total. The maximum atomic E-state index is 8.60. The molecule has 0 unspecified atom stereocenters. The Labute approximate surface area is 124 Å². The molecule has 0 heterocycles. The van der Waals surface area contributed by atoms with Crippen LogP contribution in [0.3, 0.4) is 0 Å². The van der Waals surface area contributed by atoms with Gasteiger partial charge in [0, 0.05) is 0 Å². The molecule has 0 aliphatic rings. The molecule has 3 nitrogen and oxygen atoms in total. The molecule has 0 aromatic heterocycles. The Morgan fingerprint density at radius 3 is 2.10 bits per heavy atom. The molecule has 0 aliphatic carbocycles. The first-order valence-electron chi connectivity index (χ1n) is 6.80. The van der Waals surface area contributed by atoms with Crippen LogP contribution in [-0.2, 0) is 9.16 Å². The summed E-state index contributed by atoms with van der Waals surface area (Å²) in [6.45, 7) is 18.6. The molecule has 0 radical (unpaired) electrons. The maximum Gasteiger partial charge on any atom is 0.193 e. The third-order valence-corrected chi connectivity index (χ3v) is 8.05. The molecular formula is C16H28O3Si. The smallest absolute Gasteiger partial charge is 0.193 e. The minimum absolute atomic E-state index is 0.122. The minimum Gasteiger partial charge on any atom is -0.408 e. The van der Waals surface area contributed by atoms with Crippen molar-refractivity contribution < 1.29 is 14.3 Å². The van der Waals surface area contributed by atoms with Gasteiger partial charge in [-0.25, -0.2) is 0 Å². The SMILES string of the molecule is C=C[C@@H](OCC#CCO)[C@@H](C=C)O[Si](C)(C)C(C)(C)C. The summed E-state index contributed by atoms with van der Waals surface area (Å²) < 4.78 is 11.9. The number of ether oxygens (including phenoxy) is 1. The van der Waals surface area contributed by atoms with Gasteiger partial charge in [-0.1, -0.05) is 44.8 Å². The molecule has 0 spiro atoms. The van der Waals surface area contributed by atoms with Crippen molar-refractivity contribution >= 4 is 8.32 Å². The van der Waals surface area contributed by atoms with Gasteiger partial charge in [-0.05, 0) is 18.1 Å². The molecule has 0 aromatic carbocycles. The molecule has 20 heavy (non-hydrogen) atoms. The van der Waals surface area contributed by atoms with Crippen molar-refractivity contribution in [3.05, 3.63) is 25.3 Å². The molecule has 0 bridgehead atoms. The van der Waals surface area contributed by atoms with Crippen LogP contribution in [0.25, 0.3) is 0 Å². The molecule has 0 aromatic rings. The normalized spacial score (nSPS) is 14.9. The lowest BCUT2D eigenvalue weighted by molar-refractivity contribution is 0.0331. The second-order valence-corrected chi connectivity index (χ2v) is 10.9. The van der Waals surface area contributed by atoms with Crippen molar-refractivity contribution in [2.24, 2.45) is 0 Å². The Hall–Kier alpha value is -0.863. The fourth-order valence-corrected chi connectivity index (χ4v) is 2.57. The van der Waals surface area contributed by atoms with Crippen LogP contribution in [0.1, 0.15) is 20.8 Å². The lowest BCUT2D eigenvalue weighted by atomic mass is 10.2. The van der Waals surface area contributed by atoms with Crippen LogP contribution in [0.2, 0.25) is 18.1 Å². The van der Waals surface area contributed by atoms with Crippen LogP contribution in [-0.4, -0.2) is 38.8 Å². The molecule has 0 amide bonds. The van der Waals surface area contributed by atoms with E-state index in [1.165, 1.54) is 0 Å². The van der Waals surface area contributed by atoms with Crippen LogP contribution in [0, 0.1) is 11.8 Å². The molecule has 0 aliphatic heterocycles. The molecule has 0 rings (SSSR count). The Bertz CT molecular complexity index is 371. The van der Waals surface area contributed by atoms with Gasteiger partial charge in [0.25, 0.3) is 0 Å². The van der Waals surface area contributed by atoms with E-state index in [4.69, 9.17) is 14.3 Å². The minimum atomic E-state index is -1.90. The highest BCUT2D eigenvalue weighted by Gasteiger charge is 2.39. The van der Waals surface area contributed by atoms with Crippen molar-refractivity contribution in [2.45, 2.75) is 51.1 Å². The van der Waals surface area contributed by atoms with E-state index >= 15 is 0 Å². The summed E-state index contributed by atoms with van der Waals surface area (Å²) in [6.07, 6.45) is 2.95. The van der Waals surface area contributed by atoms with Gasteiger partial charge in [-0.2, -0.15) is 0 Å². The average molecular weight is 296 g/mol. The van der Waals surface area contributed by atoms with E-state index in [0.717, 1.165) is 0 Å². The summed E-state index contributed by atoms with van der Waals surface area (Å²) in [5.41, 5.74) is 0. The predicted molar refractivity (Wildman–Crippen MR) is 87.1 cm³/mol. The van der Waals surface area contributed by atoms with E-state index in [1.807, 2.05) is 0 Å². The van der Waals surface area contributed by atoms with Gasteiger partial charge >= 0.3 is 0 Å². The standard InChI is InChI=1S/C16H28O3Si/c1-8-14(18-13-11-10-12-17)15(9-2)19-20(6,7)16(3,4)5/h8-9,14-15,17H,1-2,12-13H2,3-7H3/t14-,15-/m1/s1. The van der Waals surface area contributed by atoms with Gasteiger partial charge in [-0.15, -0.1) is 13.2 Å². The fraction of sp³-hybridized carbons (Fsp3) is 0.625. The largest absolute Gasteiger partial charge is 0.408 e. The van der Waals surface area contributed by atoms with Gasteiger partial charge in [0.2, 0.25) is 0 Å². The summed E-state index contributed by atoms with van der Waals surface area (Å²) in [6, 6.07) is 0. The van der Waals surface area contributed by atoms with Crippen molar-refractivity contribution in [2.75, 3.05) is 13.2 Å². The number of rotatable bonds is 7. The molecule has 0 fully saturated rings. The molecule has 4 heteroatoms. The average Bonchev–Trinajstić information content (AvgIpc) is 2.35. The molecule has 0 saturated heterocycles. The second kappa shape index (κ2) is 8.43. The highest BCUT2D eigenvalue weighted by molar-refractivity contribution is 6.74. The molecule has 114 valence electrons. The zero-order chi connectivity index (χ0) is 15.8. The summed E-state index contributed by atoms with van der Waals surface area (Å²) >= 11 is 0. The van der Waals surface area contributed by atoms with Gasteiger partial charge < -0.3 is 14.3 Å². The van der Waals surface area contributed by atoms with Gasteiger partial charge in [-0.3, -0.25) is 0 Å². The van der Waals surface area contributed by atoms with Crippen LogP contribution < -0.4 is 0 Å². The van der Waals surface area contributed by atoms with E-state index < -0.39 is 8.32 Å². The van der Waals surface area contributed by atoms with Gasteiger partial charge in [0.1, 0.15) is 19.3 Å². The molecule has 2 atom stereocenters. The first-order valence-corrected chi connectivity index (χ1v) is 9.71. The number of hydrogen-bond acceptors (Lipinski definition) is 3. The van der Waals surface area contributed by atoms with Crippen molar-refractivity contribution in [3.8, 4) is 11.8 Å². The monoisotopic (exact) mass is 296 g/mol. The van der Waals surface area contributed by atoms with Crippen LogP contribution >= 0.6 is 0 Å². The zero-order valence-corrected chi connectivity index (χ0v) is 14.4. The number of hydrogen-bond donors (Lipinski definition) is 1. The summed E-state index contributed by atoms with van der Waals surface area (Å²) in [7, 11) is -1.90. The quantitative estimate of drug-likeness (QED) is 0.446. The second-order valence-electron chi connectivity index (χ2n) is 6.10. The highest BCUT2D eigenvalue weighted by Crippen LogP contribution is 2.37. The number of aliphatic hydroxyl groups is 1. The van der Waals surface area contributed by atoms with E-state index in [2.05, 4.69) is 58.9 Å². The molecule has 0 saturated carbocycles. The van der Waals surface area contributed by atoms with Crippen LogP contribution in [0.15, 0.2) is 25.3 Å². The zero-order valence-electron chi connectivity index (χ0n) is 13.4. The van der Waals surface area contributed by atoms with E-state index in [9.17, 15) is 0 Å².